The Morgan fingerprint density at radius 1 is 0.720 bits per heavy atom. The molecule has 3 heteroatoms. The van der Waals surface area contributed by atoms with Gasteiger partial charge in [-0.15, -0.1) is 0 Å². The van der Waals surface area contributed by atoms with Gasteiger partial charge < -0.3 is 10.4 Å². The third-order valence-electron chi connectivity index (χ3n) is 3.70. The monoisotopic (exact) mass is 328 g/mol. The van der Waals surface area contributed by atoms with Gasteiger partial charge in [-0.05, 0) is 41.0 Å². The number of carbonyl (C=O) groups excluding carboxylic acids is 1. The number of nitrogens with one attached hydrogen (secondary N) is 1. The molecule has 0 spiro atoms. The fourth-order valence-corrected chi connectivity index (χ4v) is 2.30. The smallest absolute Gasteiger partial charge is 0.251 e. The second-order valence-electron chi connectivity index (χ2n) is 5.58. The highest BCUT2D eigenvalue weighted by Gasteiger charge is 2.05. The molecular weight excluding hydrogens is 310 g/mol. The van der Waals surface area contributed by atoms with Gasteiger partial charge in [0.1, 0.15) is 5.75 Å². The maximum Gasteiger partial charge on any atom is 0.251 e. The third kappa shape index (κ3) is 4.82. The van der Waals surface area contributed by atoms with Crippen LogP contribution in [0.3, 0.4) is 0 Å². The molecular formula is C22H18NO2. The van der Waals surface area contributed by atoms with Crippen molar-refractivity contribution in [2.75, 3.05) is 0 Å². The number of hydrogen-bond donors (Lipinski definition) is 2. The highest BCUT2D eigenvalue weighted by Crippen LogP contribution is 2.12. The van der Waals surface area contributed by atoms with Gasteiger partial charge in [-0.3, -0.25) is 4.79 Å². The summed E-state index contributed by atoms with van der Waals surface area (Å²) in [7, 11) is 0. The van der Waals surface area contributed by atoms with E-state index >= 15 is 0 Å². The van der Waals surface area contributed by atoms with Gasteiger partial charge in [0.15, 0.2) is 0 Å². The molecule has 0 bridgehead atoms. The second kappa shape index (κ2) is 7.97. The van der Waals surface area contributed by atoms with Gasteiger partial charge in [-0.25, -0.2) is 0 Å². The number of carbonyl (C=O) groups is 1. The van der Waals surface area contributed by atoms with Gasteiger partial charge >= 0.3 is 0 Å². The first kappa shape index (κ1) is 16.5. The molecule has 0 aliphatic rings. The minimum atomic E-state index is -0.174. The minimum absolute atomic E-state index is 0.174. The molecule has 123 valence electrons. The molecule has 1 radical (unpaired) electrons. The van der Waals surface area contributed by atoms with Crippen molar-refractivity contribution in [1.82, 2.24) is 5.32 Å². The Morgan fingerprint density at radius 3 is 1.92 bits per heavy atom. The Bertz CT molecular complexity index is 851. The summed E-state index contributed by atoms with van der Waals surface area (Å²) >= 11 is 0. The standard InChI is InChI=1S/C22H18NO2/c24-21-14-10-19(11-15-21)16-23-22(25)20-12-8-18(9-13-20)7-6-17-4-2-1-3-5-17/h1-16,24H,(H,23,25). The van der Waals surface area contributed by atoms with E-state index in [0.717, 1.165) is 16.7 Å². The largest absolute Gasteiger partial charge is 0.508 e. The molecule has 0 aromatic heterocycles. The van der Waals surface area contributed by atoms with Crippen LogP contribution in [0.1, 0.15) is 27.0 Å². The normalized spacial score (nSPS) is 10.7. The Balaban J connectivity index is 1.58. The van der Waals surface area contributed by atoms with Crippen molar-refractivity contribution in [3.8, 4) is 5.75 Å². The maximum absolute atomic E-state index is 12.2. The summed E-state index contributed by atoms with van der Waals surface area (Å²) in [5.41, 5.74) is 3.57. The number of amides is 1. The van der Waals surface area contributed by atoms with Crippen LogP contribution in [0.4, 0.5) is 0 Å². The Morgan fingerprint density at radius 2 is 1.28 bits per heavy atom. The van der Waals surface area contributed by atoms with Crippen LogP contribution in [0, 0.1) is 6.54 Å². The van der Waals surface area contributed by atoms with E-state index in [0.29, 0.717) is 5.56 Å². The van der Waals surface area contributed by atoms with Crippen LogP contribution in [0.25, 0.3) is 12.2 Å². The van der Waals surface area contributed by atoms with Crippen molar-refractivity contribution in [2.24, 2.45) is 0 Å². The number of phenols is 1. The predicted molar refractivity (Wildman–Crippen MR) is 101 cm³/mol. The van der Waals surface area contributed by atoms with E-state index in [2.05, 4.69) is 5.32 Å². The summed E-state index contributed by atoms with van der Waals surface area (Å²) in [6, 6.07) is 24.1. The predicted octanol–water partition coefficient (Wildman–Crippen LogP) is 4.50. The maximum atomic E-state index is 12.2. The van der Waals surface area contributed by atoms with Crippen molar-refractivity contribution in [3.63, 3.8) is 0 Å². The number of phenolic OH excluding ortho intramolecular Hbond substituents is 1. The van der Waals surface area contributed by atoms with Crippen LogP contribution in [0.15, 0.2) is 78.9 Å². The summed E-state index contributed by atoms with van der Waals surface area (Å²) in [6.07, 6.45) is 4.05. The van der Waals surface area contributed by atoms with Crippen LogP contribution in [-0.4, -0.2) is 11.0 Å². The van der Waals surface area contributed by atoms with E-state index in [1.807, 2.05) is 54.6 Å². The Hall–Kier alpha value is -3.33. The van der Waals surface area contributed by atoms with Gasteiger partial charge in [-0.1, -0.05) is 66.7 Å². The molecule has 0 atom stereocenters. The molecule has 3 aromatic carbocycles. The van der Waals surface area contributed by atoms with E-state index < -0.39 is 0 Å². The molecule has 0 aliphatic carbocycles. The summed E-state index contributed by atoms with van der Waals surface area (Å²) in [4.78, 5) is 12.2. The number of hydrogen-bond acceptors (Lipinski definition) is 2. The molecule has 0 saturated carbocycles. The van der Waals surface area contributed by atoms with Crippen molar-refractivity contribution in [3.05, 3.63) is 108 Å². The molecule has 3 nitrogen and oxygen atoms in total. The Labute approximate surface area is 147 Å². The zero-order valence-electron chi connectivity index (χ0n) is 13.6. The molecule has 2 N–H and O–H groups in total. The average molecular weight is 328 g/mol. The van der Waals surface area contributed by atoms with Crippen LogP contribution in [-0.2, 0) is 0 Å². The topological polar surface area (TPSA) is 49.3 Å². The zero-order valence-corrected chi connectivity index (χ0v) is 13.6. The molecule has 3 rings (SSSR count). The second-order valence-corrected chi connectivity index (χ2v) is 5.58. The lowest BCUT2D eigenvalue weighted by Gasteiger charge is -2.05. The summed E-state index contributed by atoms with van der Waals surface area (Å²) in [5, 5.41) is 12.0. The van der Waals surface area contributed by atoms with Crippen LogP contribution in [0.2, 0.25) is 0 Å². The van der Waals surface area contributed by atoms with Gasteiger partial charge in [0.2, 0.25) is 0 Å². The molecule has 25 heavy (non-hydrogen) atoms. The number of rotatable bonds is 5. The molecule has 0 fully saturated rings. The lowest BCUT2D eigenvalue weighted by molar-refractivity contribution is 0.0965. The van der Waals surface area contributed by atoms with E-state index in [1.54, 1.807) is 42.9 Å². The fourth-order valence-electron chi connectivity index (χ4n) is 2.30. The molecule has 1 amide bonds. The van der Waals surface area contributed by atoms with Crippen molar-refractivity contribution in [1.29, 1.82) is 0 Å². The number of benzene rings is 3. The first-order valence-electron chi connectivity index (χ1n) is 7.97. The molecule has 3 aromatic rings. The first-order valence-corrected chi connectivity index (χ1v) is 7.97. The third-order valence-corrected chi connectivity index (χ3v) is 3.70. The van der Waals surface area contributed by atoms with Crippen molar-refractivity contribution in [2.45, 2.75) is 0 Å². The van der Waals surface area contributed by atoms with Gasteiger partial charge in [0.05, 0.1) is 6.54 Å². The van der Waals surface area contributed by atoms with Gasteiger partial charge in [-0.2, -0.15) is 0 Å². The lowest BCUT2D eigenvalue weighted by atomic mass is 10.1. The summed E-state index contributed by atoms with van der Waals surface area (Å²) in [5.74, 6) is 0.0225. The fraction of sp³-hybridized carbons (Fsp3) is 0. The number of aromatic hydroxyl groups is 1. The Kier molecular flexibility index (Phi) is 5.27. The highest BCUT2D eigenvalue weighted by molar-refractivity contribution is 5.95. The van der Waals surface area contributed by atoms with Crippen molar-refractivity contribution < 1.29 is 9.90 Å². The lowest BCUT2D eigenvalue weighted by Crippen LogP contribution is -2.20. The summed E-state index contributed by atoms with van der Waals surface area (Å²) in [6.45, 7) is 1.62. The van der Waals surface area contributed by atoms with Crippen LogP contribution in [0.5, 0.6) is 5.75 Å². The quantitative estimate of drug-likeness (QED) is 0.677. The van der Waals surface area contributed by atoms with E-state index in [4.69, 9.17) is 0 Å². The average Bonchev–Trinajstić information content (AvgIpc) is 2.67. The SMILES string of the molecule is O=C(N[CH]c1ccc(O)cc1)c1ccc(C=Cc2ccccc2)cc1. The first-order chi connectivity index (χ1) is 12.2. The van der Waals surface area contributed by atoms with Crippen LogP contribution >= 0.6 is 0 Å². The molecule has 0 aliphatic heterocycles. The highest BCUT2D eigenvalue weighted by atomic mass is 16.3. The van der Waals surface area contributed by atoms with Crippen molar-refractivity contribution >= 4 is 18.1 Å². The summed E-state index contributed by atoms with van der Waals surface area (Å²) < 4.78 is 0. The zero-order chi connectivity index (χ0) is 17.5. The van der Waals surface area contributed by atoms with Gasteiger partial charge in [0.25, 0.3) is 5.91 Å². The van der Waals surface area contributed by atoms with E-state index in [1.165, 1.54) is 0 Å². The van der Waals surface area contributed by atoms with E-state index in [-0.39, 0.29) is 11.7 Å². The van der Waals surface area contributed by atoms with E-state index in [9.17, 15) is 9.90 Å². The van der Waals surface area contributed by atoms with Crippen LogP contribution < -0.4 is 5.32 Å². The van der Waals surface area contributed by atoms with Gasteiger partial charge in [0, 0.05) is 5.56 Å². The minimum Gasteiger partial charge on any atom is -0.508 e. The molecule has 0 saturated heterocycles. The molecule has 0 unspecified atom stereocenters. The molecule has 0 heterocycles.